The van der Waals surface area contributed by atoms with Crippen LogP contribution in [0.1, 0.15) is 6.92 Å². The molecule has 0 aliphatic carbocycles. The van der Waals surface area contributed by atoms with Crippen LogP contribution in [0.25, 0.3) is 0 Å². The summed E-state index contributed by atoms with van der Waals surface area (Å²) in [5.41, 5.74) is 0. The van der Waals surface area contributed by atoms with Crippen LogP contribution in [0.5, 0.6) is 0 Å². The molecule has 0 aliphatic rings. The van der Waals surface area contributed by atoms with E-state index >= 15 is 0 Å². The predicted octanol–water partition coefficient (Wildman–Crippen LogP) is 3.79. The fourth-order valence-corrected chi connectivity index (χ4v) is 0.918. The van der Waals surface area contributed by atoms with E-state index in [1.165, 1.54) is 0 Å². The molecular weight excluding hydrogens is 290 g/mol. The average Bonchev–Trinajstić information content (AvgIpc) is 2.15. The number of alkyl halides is 10. The van der Waals surface area contributed by atoms with Gasteiger partial charge in [-0.25, -0.2) is 8.78 Å². The normalized spacial score (nSPS) is 18.0. The van der Waals surface area contributed by atoms with Gasteiger partial charge in [-0.1, -0.05) is 0 Å². The molecule has 18 heavy (non-hydrogen) atoms. The molecule has 11 heteroatoms. The van der Waals surface area contributed by atoms with Crippen LogP contribution in [0.15, 0.2) is 0 Å². The van der Waals surface area contributed by atoms with Gasteiger partial charge in [0.25, 0.3) is 0 Å². The van der Waals surface area contributed by atoms with Crippen molar-refractivity contribution in [3.8, 4) is 0 Å². The van der Waals surface area contributed by atoms with Gasteiger partial charge in [0.1, 0.15) is 0 Å². The molecule has 1 atom stereocenters. The summed E-state index contributed by atoms with van der Waals surface area (Å²) in [5.74, 6) is -19.3. The van der Waals surface area contributed by atoms with Crippen molar-refractivity contribution >= 4 is 0 Å². The second kappa shape index (κ2) is 4.74. The Morgan fingerprint density at radius 3 is 1.50 bits per heavy atom. The molecular formula is C7H6F10O. The predicted molar refractivity (Wildman–Crippen MR) is 37.4 cm³/mol. The Morgan fingerprint density at radius 1 is 0.889 bits per heavy atom. The molecule has 0 aromatic rings. The van der Waals surface area contributed by atoms with Gasteiger partial charge in [-0.15, -0.1) is 0 Å². The molecule has 0 aromatic heterocycles. The Hall–Kier alpha value is -0.740. The number of ether oxygens (including phenoxy) is 1. The minimum absolute atomic E-state index is 0.586. The monoisotopic (exact) mass is 296 g/mol. The third kappa shape index (κ3) is 2.36. The molecule has 110 valence electrons. The number of hydrogen-bond acceptors (Lipinski definition) is 1. The molecule has 0 fully saturated rings. The van der Waals surface area contributed by atoms with Gasteiger partial charge < -0.3 is 4.74 Å². The summed E-state index contributed by atoms with van der Waals surface area (Å²) < 4.78 is 125. The molecule has 0 aliphatic heterocycles. The van der Waals surface area contributed by atoms with Gasteiger partial charge in [0.15, 0.2) is 0 Å². The Kier molecular flexibility index (Phi) is 4.55. The van der Waals surface area contributed by atoms with Crippen molar-refractivity contribution in [2.75, 3.05) is 6.61 Å². The van der Waals surface area contributed by atoms with E-state index < -0.39 is 36.9 Å². The summed E-state index contributed by atoms with van der Waals surface area (Å²) in [5, 5.41) is 0. The van der Waals surface area contributed by atoms with E-state index in [9.17, 15) is 43.9 Å². The third-order valence-electron chi connectivity index (χ3n) is 1.81. The molecule has 1 nitrogen and oxygen atoms in total. The Balaban J connectivity index is 5.83. The van der Waals surface area contributed by atoms with Gasteiger partial charge >= 0.3 is 30.3 Å². The van der Waals surface area contributed by atoms with Crippen molar-refractivity contribution in [3.63, 3.8) is 0 Å². The van der Waals surface area contributed by atoms with Crippen LogP contribution in [0, 0.1) is 0 Å². The van der Waals surface area contributed by atoms with Crippen LogP contribution in [0.3, 0.4) is 0 Å². The van der Waals surface area contributed by atoms with E-state index in [1.54, 1.807) is 0 Å². The first-order valence-electron chi connectivity index (χ1n) is 4.19. The maximum Gasteiger partial charge on any atom is 0.459 e. The fraction of sp³-hybridized carbons (Fsp3) is 1.00. The van der Waals surface area contributed by atoms with Gasteiger partial charge in [-0.3, -0.25) is 0 Å². The quantitative estimate of drug-likeness (QED) is 0.701. The van der Waals surface area contributed by atoms with E-state index in [0.29, 0.717) is 6.92 Å². The topological polar surface area (TPSA) is 9.23 Å². The molecule has 0 heterocycles. The van der Waals surface area contributed by atoms with Crippen molar-refractivity contribution in [2.45, 2.75) is 37.2 Å². The Bertz CT molecular complexity index is 284. The highest BCUT2D eigenvalue weighted by atomic mass is 19.4. The van der Waals surface area contributed by atoms with Crippen LogP contribution in [0.4, 0.5) is 43.9 Å². The highest BCUT2D eigenvalue weighted by molar-refractivity contribution is 5.02. The summed E-state index contributed by atoms with van der Waals surface area (Å²) in [6.07, 6.45) is -11.9. The van der Waals surface area contributed by atoms with Crippen molar-refractivity contribution < 1.29 is 48.6 Å². The lowest BCUT2D eigenvalue weighted by Gasteiger charge is -2.38. The molecule has 1 unspecified atom stereocenters. The first kappa shape index (κ1) is 17.3. The molecule has 0 saturated heterocycles. The first-order chi connectivity index (χ1) is 7.75. The SMILES string of the molecule is CCOC(F)(C(F)(F)C(F)F)C(F)(F)C(F)(F)F. The zero-order valence-electron chi connectivity index (χ0n) is 8.47. The zero-order chi connectivity index (χ0) is 15.0. The van der Waals surface area contributed by atoms with Gasteiger partial charge in [0.05, 0.1) is 0 Å². The van der Waals surface area contributed by atoms with Gasteiger partial charge in [0.2, 0.25) is 0 Å². The maximum absolute atomic E-state index is 13.2. The lowest BCUT2D eigenvalue weighted by Crippen LogP contribution is -2.67. The lowest BCUT2D eigenvalue weighted by atomic mass is 10.0. The van der Waals surface area contributed by atoms with E-state index in [2.05, 4.69) is 4.74 Å². The lowest BCUT2D eigenvalue weighted by molar-refractivity contribution is -0.439. The molecule has 0 radical (unpaired) electrons. The Labute approximate surface area is 93.7 Å². The van der Waals surface area contributed by atoms with Crippen LogP contribution in [-0.2, 0) is 4.74 Å². The van der Waals surface area contributed by atoms with Crippen molar-refractivity contribution in [2.24, 2.45) is 0 Å². The van der Waals surface area contributed by atoms with Crippen LogP contribution >= 0.6 is 0 Å². The minimum Gasteiger partial charge on any atom is -0.336 e. The zero-order valence-corrected chi connectivity index (χ0v) is 8.47. The summed E-state index contributed by atoms with van der Waals surface area (Å²) in [6.45, 7) is -0.813. The number of halogens is 10. The van der Waals surface area contributed by atoms with Crippen molar-refractivity contribution in [3.05, 3.63) is 0 Å². The summed E-state index contributed by atoms with van der Waals surface area (Å²) in [6, 6.07) is 0. The molecule has 0 N–H and O–H groups in total. The maximum atomic E-state index is 13.2. The molecule has 0 bridgehead atoms. The van der Waals surface area contributed by atoms with E-state index in [0.717, 1.165) is 0 Å². The van der Waals surface area contributed by atoms with E-state index in [4.69, 9.17) is 0 Å². The van der Waals surface area contributed by atoms with Crippen LogP contribution < -0.4 is 0 Å². The third-order valence-corrected chi connectivity index (χ3v) is 1.81. The largest absolute Gasteiger partial charge is 0.459 e. The molecule has 0 rings (SSSR count). The summed E-state index contributed by atoms with van der Waals surface area (Å²) >= 11 is 0. The number of hydrogen-bond donors (Lipinski definition) is 0. The molecule has 0 amide bonds. The van der Waals surface area contributed by atoms with Crippen LogP contribution in [0.2, 0.25) is 0 Å². The Morgan fingerprint density at radius 2 is 1.28 bits per heavy atom. The first-order valence-corrected chi connectivity index (χ1v) is 4.19. The smallest absolute Gasteiger partial charge is 0.336 e. The van der Waals surface area contributed by atoms with Gasteiger partial charge in [0, 0.05) is 6.61 Å². The van der Waals surface area contributed by atoms with Gasteiger partial charge in [-0.2, -0.15) is 35.1 Å². The van der Waals surface area contributed by atoms with E-state index in [1.807, 2.05) is 0 Å². The molecule has 0 spiro atoms. The minimum atomic E-state index is -6.82. The second-order valence-electron chi connectivity index (χ2n) is 3.02. The average molecular weight is 296 g/mol. The standard InChI is InChI=1S/C7H6F10O/c1-2-18-6(14,4(10,11)3(8)9)5(12,13)7(15,16)17/h3H,2H2,1H3. The van der Waals surface area contributed by atoms with Crippen molar-refractivity contribution in [1.82, 2.24) is 0 Å². The van der Waals surface area contributed by atoms with Crippen molar-refractivity contribution in [1.29, 1.82) is 0 Å². The second-order valence-corrected chi connectivity index (χ2v) is 3.02. The van der Waals surface area contributed by atoms with Gasteiger partial charge in [-0.05, 0) is 6.92 Å². The fourth-order valence-electron chi connectivity index (χ4n) is 0.918. The highest BCUT2D eigenvalue weighted by Crippen LogP contribution is 2.54. The summed E-state index contributed by atoms with van der Waals surface area (Å²) in [7, 11) is 0. The van der Waals surface area contributed by atoms with Crippen LogP contribution in [-0.4, -0.2) is 36.9 Å². The summed E-state index contributed by atoms with van der Waals surface area (Å²) in [4.78, 5) is 0. The number of rotatable bonds is 5. The molecule has 0 aromatic carbocycles. The molecule has 0 saturated carbocycles. The highest BCUT2D eigenvalue weighted by Gasteiger charge is 2.83. The van der Waals surface area contributed by atoms with E-state index in [-0.39, 0.29) is 0 Å².